The van der Waals surface area contributed by atoms with Gasteiger partial charge in [0.2, 0.25) is 0 Å². The van der Waals surface area contributed by atoms with Gasteiger partial charge in [0, 0.05) is 15.6 Å². The predicted molar refractivity (Wildman–Crippen MR) is 87.3 cm³/mol. The molecule has 0 radical (unpaired) electrons. The number of benzene rings is 3. The summed E-state index contributed by atoms with van der Waals surface area (Å²) in [7, 11) is 0. The summed E-state index contributed by atoms with van der Waals surface area (Å²) < 4.78 is 0. The molecule has 20 heavy (non-hydrogen) atoms. The zero-order valence-corrected chi connectivity index (χ0v) is 12.2. The van der Waals surface area contributed by atoms with Gasteiger partial charge in [0.15, 0.2) is 0 Å². The largest absolute Gasteiger partial charge is 0.0843 e. The molecule has 0 atom stereocenters. The molecule has 0 N–H and O–H groups in total. The molecule has 0 heterocycles. The lowest BCUT2D eigenvalue weighted by molar-refractivity contribution is 1.58. The van der Waals surface area contributed by atoms with Crippen molar-refractivity contribution in [3.63, 3.8) is 0 Å². The topological polar surface area (TPSA) is 0 Å². The quantitative estimate of drug-likeness (QED) is 0.519. The molecular formula is C18H12Cl2. The number of rotatable bonds is 2. The Hall–Kier alpha value is -1.76. The standard InChI is InChI=1S/C18H12Cl2/c19-14-10-11-17(18(20)12-14)16-9-5-4-8-15(16)13-6-2-1-3-7-13/h1-12H. The van der Waals surface area contributed by atoms with E-state index in [2.05, 4.69) is 24.3 Å². The average Bonchev–Trinajstić information content (AvgIpc) is 2.48. The van der Waals surface area contributed by atoms with Crippen LogP contribution in [0.25, 0.3) is 22.3 Å². The van der Waals surface area contributed by atoms with Crippen molar-refractivity contribution in [3.8, 4) is 22.3 Å². The maximum absolute atomic E-state index is 6.34. The number of hydrogen-bond donors (Lipinski definition) is 0. The Morgan fingerprint density at radius 3 is 1.90 bits per heavy atom. The molecular weight excluding hydrogens is 287 g/mol. The SMILES string of the molecule is Clc1ccc(-c2ccccc2-c2ccccc2)c(Cl)c1. The number of hydrogen-bond acceptors (Lipinski definition) is 0. The van der Waals surface area contributed by atoms with Crippen LogP contribution in [0.1, 0.15) is 0 Å². The summed E-state index contributed by atoms with van der Waals surface area (Å²) in [5, 5.41) is 1.32. The van der Waals surface area contributed by atoms with Crippen LogP contribution in [0.2, 0.25) is 10.0 Å². The van der Waals surface area contributed by atoms with Crippen molar-refractivity contribution in [1.82, 2.24) is 0 Å². The molecule has 3 aromatic rings. The van der Waals surface area contributed by atoms with Gasteiger partial charge in [0.1, 0.15) is 0 Å². The zero-order chi connectivity index (χ0) is 13.9. The second kappa shape index (κ2) is 5.70. The lowest BCUT2D eigenvalue weighted by Gasteiger charge is -2.11. The van der Waals surface area contributed by atoms with Crippen LogP contribution in [0.15, 0.2) is 72.8 Å². The molecule has 0 fully saturated rings. The van der Waals surface area contributed by atoms with Gasteiger partial charge in [-0.05, 0) is 28.8 Å². The molecule has 0 nitrogen and oxygen atoms in total. The molecule has 0 aliphatic rings. The smallest absolute Gasteiger partial charge is 0.0499 e. The Morgan fingerprint density at radius 1 is 0.550 bits per heavy atom. The summed E-state index contributed by atoms with van der Waals surface area (Å²) in [4.78, 5) is 0. The first-order chi connectivity index (χ1) is 9.75. The third-order valence-corrected chi connectivity index (χ3v) is 3.78. The van der Waals surface area contributed by atoms with Gasteiger partial charge in [-0.3, -0.25) is 0 Å². The molecule has 0 amide bonds. The Balaban J connectivity index is 2.20. The van der Waals surface area contributed by atoms with E-state index in [0.29, 0.717) is 10.0 Å². The summed E-state index contributed by atoms with van der Waals surface area (Å²) in [5.41, 5.74) is 4.45. The third kappa shape index (κ3) is 2.58. The molecule has 0 aliphatic heterocycles. The van der Waals surface area contributed by atoms with Gasteiger partial charge in [0.25, 0.3) is 0 Å². The van der Waals surface area contributed by atoms with Gasteiger partial charge in [-0.2, -0.15) is 0 Å². The fourth-order valence-electron chi connectivity index (χ4n) is 2.30. The Bertz CT molecular complexity index is 733. The van der Waals surface area contributed by atoms with Gasteiger partial charge in [-0.1, -0.05) is 83.9 Å². The first-order valence-corrected chi connectivity index (χ1v) is 7.11. The molecule has 0 spiro atoms. The van der Waals surface area contributed by atoms with E-state index in [0.717, 1.165) is 16.7 Å². The van der Waals surface area contributed by atoms with E-state index >= 15 is 0 Å². The van der Waals surface area contributed by atoms with Crippen LogP contribution in [0.5, 0.6) is 0 Å². The summed E-state index contributed by atoms with van der Waals surface area (Å²) in [5.74, 6) is 0. The van der Waals surface area contributed by atoms with Crippen LogP contribution >= 0.6 is 23.2 Å². The highest BCUT2D eigenvalue weighted by atomic mass is 35.5. The summed E-state index contributed by atoms with van der Waals surface area (Å²) in [6.45, 7) is 0. The molecule has 0 unspecified atom stereocenters. The molecule has 0 aliphatic carbocycles. The highest BCUT2D eigenvalue weighted by molar-refractivity contribution is 6.36. The minimum atomic E-state index is 0.649. The molecule has 3 rings (SSSR count). The summed E-state index contributed by atoms with van der Waals surface area (Å²) >= 11 is 12.3. The predicted octanol–water partition coefficient (Wildman–Crippen LogP) is 6.33. The molecule has 0 saturated heterocycles. The Morgan fingerprint density at radius 2 is 1.20 bits per heavy atom. The molecule has 0 saturated carbocycles. The first kappa shape index (κ1) is 13.2. The van der Waals surface area contributed by atoms with Crippen molar-refractivity contribution in [3.05, 3.63) is 82.8 Å². The second-order valence-corrected chi connectivity index (χ2v) is 5.38. The van der Waals surface area contributed by atoms with Crippen molar-refractivity contribution < 1.29 is 0 Å². The second-order valence-electron chi connectivity index (χ2n) is 4.54. The maximum atomic E-state index is 6.34. The maximum Gasteiger partial charge on any atom is 0.0499 e. The van der Waals surface area contributed by atoms with E-state index < -0.39 is 0 Å². The molecule has 0 bridgehead atoms. The van der Waals surface area contributed by atoms with Crippen molar-refractivity contribution in [2.75, 3.05) is 0 Å². The van der Waals surface area contributed by atoms with E-state index in [1.54, 1.807) is 6.07 Å². The van der Waals surface area contributed by atoms with E-state index in [1.165, 1.54) is 5.56 Å². The molecule has 98 valence electrons. The fourth-order valence-corrected chi connectivity index (χ4v) is 2.81. The Kier molecular flexibility index (Phi) is 3.77. The number of halogens is 2. The summed E-state index contributed by atoms with van der Waals surface area (Å²) in [6.07, 6.45) is 0. The Labute approximate surface area is 128 Å². The van der Waals surface area contributed by atoms with Crippen LogP contribution in [0, 0.1) is 0 Å². The van der Waals surface area contributed by atoms with Gasteiger partial charge in [-0.25, -0.2) is 0 Å². The lowest BCUT2D eigenvalue weighted by atomic mass is 9.95. The van der Waals surface area contributed by atoms with E-state index in [9.17, 15) is 0 Å². The van der Waals surface area contributed by atoms with Crippen LogP contribution in [-0.2, 0) is 0 Å². The third-order valence-electron chi connectivity index (χ3n) is 3.23. The van der Waals surface area contributed by atoms with E-state index in [1.807, 2.05) is 42.5 Å². The van der Waals surface area contributed by atoms with Gasteiger partial charge >= 0.3 is 0 Å². The van der Waals surface area contributed by atoms with Crippen LogP contribution in [0.4, 0.5) is 0 Å². The van der Waals surface area contributed by atoms with Crippen LogP contribution in [0.3, 0.4) is 0 Å². The highest BCUT2D eigenvalue weighted by Gasteiger charge is 2.09. The van der Waals surface area contributed by atoms with Crippen molar-refractivity contribution in [2.24, 2.45) is 0 Å². The summed E-state index contributed by atoms with van der Waals surface area (Å²) in [6, 6.07) is 24.1. The minimum absolute atomic E-state index is 0.649. The van der Waals surface area contributed by atoms with Crippen LogP contribution < -0.4 is 0 Å². The lowest BCUT2D eigenvalue weighted by Crippen LogP contribution is -1.85. The van der Waals surface area contributed by atoms with Crippen molar-refractivity contribution >= 4 is 23.2 Å². The molecule has 3 aromatic carbocycles. The van der Waals surface area contributed by atoms with Crippen LogP contribution in [-0.4, -0.2) is 0 Å². The van der Waals surface area contributed by atoms with Crippen molar-refractivity contribution in [1.29, 1.82) is 0 Å². The highest BCUT2D eigenvalue weighted by Crippen LogP contribution is 2.36. The average molecular weight is 299 g/mol. The monoisotopic (exact) mass is 298 g/mol. The van der Waals surface area contributed by atoms with E-state index in [-0.39, 0.29) is 0 Å². The van der Waals surface area contributed by atoms with Gasteiger partial charge in [0.05, 0.1) is 0 Å². The normalized spacial score (nSPS) is 10.5. The van der Waals surface area contributed by atoms with Gasteiger partial charge < -0.3 is 0 Å². The van der Waals surface area contributed by atoms with Crippen molar-refractivity contribution in [2.45, 2.75) is 0 Å². The van der Waals surface area contributed by atoms with Gasteiger partial charge in [-0.15, -0.1) is 0 Å². The molecule has 0 aromatic heterocycles. The minimum Gasteiger partial charge on any atom is -0.0843 e. The molecule has 2 heteroatoms. The zero-order valence-electron chi connectivity index (χ0n) is 10.7. The van der Waals surface area contributed by atoms with E-state index in [4.69, 9.17) is 23.2 Å². The first-order valence-electron chi connectivity index (χ1n) is 6.35. The fraction of sp³-hybridized carbons (Fsp3) is 0.